The number of halogens is 2. The van der Waals surface area contributed by atoms with Gasteiger partial charge >= 0.3 is 5.97 Å². The molecule has 2 aromatic carbocycles. The van der Waals surface area contributed by atoms with Crippen LogP contribution in [0.2, 0.25) is 10.0 Å². The van der Waals surface area contributed by atoms with Crippen molar-refractivity contribution >= 4 is 52.4 Å². The minimum atomic E-state index is -1.62. The van der Waals surface area contributed by atoms with E-state index < -0.39 is 35.5 Å². The zero-order valence-corrected chi connectivity index (χ0v) is 24.1. The van der Waals surface area contributed by atoms with Crippen LogP contribution >= 0.6 is 23.2 Å². The van der Waals surface area contributed by atoms with Crippen LogP contribution in [0.1, 0.15) is 31.2 Å². The van der Waals surface area contributed by atoms with Gasteiger partial charge in [0, 0.05) is 24.9 Å². The van der Waals surface area contributed by atoms with E-state index >= 15 is 0 Å². The highest BCUT2D eigenvalue weighted by atomic mass is 35.5. The molecule has 12 heteroatoms. The molecule has 1 fully saturated rings. The van der Waals surface area contributed by atoms with Gasteiger partial charge < -0.3 is 35.8 Å². The van der Waals surface area contributed by atoms with Crippen molar-refractivity contribution in [2.75, 3.05) is 38.0 Å². The first kappa shape index (κ1) is 29.9. The van der Waals surface area contributed by atoms with E-state index in [0.29, 0.717) is 42.9 Å². The van der Waals surface area contributed by atoms with E-state index in [-0.39, 0.29) is 28.3 Å². The number of nitrogens with one attached hydrogen (secondary N) is 1. The highest BCUT2D eigenvalue weighted by molar-refractivity contribution is 6.42. The number of methoxy groups -OCH3 is 1. The number of hydrogen-bond donors (Lipinski definition) is 4. The van der Waals surface area contributed by atoms with Gasteiger partial charge in [-0.05, 0) is 69.1 Å². The highest BCUT2D eigenvalue weighted by Gasteiger charge is 2.50. The zero-order valence-electron chi connectivity index (χ0n) is 22.6. The number of carbonyl (C=O) groups excluding carboxylic acids is 2. The lowest BCUT2D eigenvalue weighted by Gasteiger charge is -2.50. The molecular formula is C28H34Cl2N4O6. The summed E-state index contributed by atoms with van der Waals surface area (Å²) in [6.07, 6.45) is 1.01. The summed E-state index contributed by atoms with van der Waals surface area (Å²) in [5.41, 5.74) is 5.84. The molecule has 0 saturated heterocycles. The second-order valence-electron chi connectivity index (χ2n) is 10.8. The van der Waals surface area contributed by atoms with Gasteiger partial charge in [0.1, 0.15) is 5.75 Å². The molecule has 4 rings (SSSR count). The van der Waals surface area contributed by atoms with Crippen molar-refractivity contribution in [1.82, 2.24) is 4.90 Å². The van der Waals surface area contributed by atoms with Gasteiger partial charge in [-0.3, -0.25) is 9.59 Å². The number of primary amides is 1. The Balaban J connectivity index is 1.79. The first-order valence-corrected chi connectivity index (χ1v) is 13.7. The minimum absolute atomic E-state index is 0.171. The summed E-state index contributed by atoms with van der Waals surface area (Å²) >= 11 is 12.5. The van der Waals surface area contributed by atoms with E-state index in [1.54, 1.807) is 7.11 Å². The van der Waals surface area contributed by atoms with Crippen molar-refractivity contribution in [3.63, 3.8) is 0 Å². The third-order valence-corrected chi connectivity index (χ3v) is 8.68. The van der Waals surface area contributed by atoms with Crippen LogP contribution in [0, 0.1) is 11.8 Å². The fourth-order valence-electron chi connectivity index (χ4n) is 6.19. The lowest BCUT2D eigenvalue weighted by molar-refractivity contribution is -0.142. The number of hydrogen-bond acceptors (Lipinski definition) is 7. The molecule has 1 aliphatic heterocycles. The maximum Gasteiger partial charge on any atom is 0.336 e. The number of carbonyl (C=O) groups is 3. The van der Waals surface area contributed by atoms with E-state index in [4.69, 9.17) is 33.7 Å². The van der Waals surface area contributed by atoms with Gasteiger partial charge in [0.15, 0.2) is 0 Å². The van der Waals surface area contributed by atoms with Crippen LogP contribution in [0.15, 0.2) is 36.4 Å². The second-order valence-corrected chi connectivity index (χ2v) is 11.6. The van der Waals surface area contributed by atoms with Gasteiger partial charge in [0.25, 0.3) is 5.91 Å². The second kappa shape index (κ2) is 11.8. The predicted molar refractivity (Wildman–Crippen MR) is 153 cm³/mol. The summed E-state index contributed by atoms with van der Waals surface area (Å²) in [6.45, 7) is 0.522. The van der Waals surface area contributed by atoms with Gasteiger partial charge in [0.2, 0.25) is 11.9 Å². The fourth-order valence-corrected chi connectivity index (χ4v) is 6.51. The number of fused-ring (bicyclic) bond motifs is 1. The molecule has 216 valence electrons. The molecule has 0 aromatic heterocycles. The summed E-state index contributed by atoms with van der Waals surface area (Å²) in [4.78, 5) is 41.3. The third kappa shape index (κ3) is 5.85. The van der Waals surface area contributed by atoms with Gasteiger partial charge in [-0.25, -0.2) is 4.79 Å². The monoisotopic (exact) mass is 592 g/mol. The highest BCUT2D eigenvalue weighted by Crippen LogP contribution is 2.49. The molecule has 5 unspecified atom stereocenters. The quantitative estimate of drug-likeness (QED) is 0.324. The number of aliphatic hydroxyl groups is 1. The van der Waals surface area contributed by atoms with Crippen molar-refractivity contribution < 1.29 is 29.3 Å². The Bertz CT molecular complexity index is 1310. The first-order chi connectivity index (χ1) is 18.8. The average Bonchev–Trinajstić information content (AvgIpc) is 2.88. The third-order valence-electron chi connectivity index (χ3n) is 7.96. The first-order valence-electron chi connectivity index (χ1n) is 13.0. The molecule has 1 heterocycles. The molecule has 0 radical (unpaired) electrons. The molecule has 5 atom stereocenters. The molecule has 1 aliphatic carbocycles. The van der Waals surface area contributed by atoms with Crippen LogP contribution in [0.5, 0.6) is 5.75 Å². The van der Waals surface area contributed by atoms with Crippen molar-refractivity contribution in [2.45, 2.75) is 43.4 Å². The summed E-state index contributed by atoms with van der Waals surface area (Å²) < 4.78 is 5.39. The maximum absolute atomic E-state index is 13.1. The van der Waals surface area contributed by atoms with Gasteiger partial charge in [-0.1, -0.05) is 35.3 Å². The number of nitrogens with two attached hydrogens (primary N) is 1. The Morgan fingerprint density at radius 1 is 1.25 bits per heavy atom. The summed E-state index contributed by atoms with van der Waals surface area (Å²) in [5.74, 6) is -2.74. The Morgan fingerprint density at radius 3 is 2.58 bits per heavy atom. The number of carboxylic acid groups (broad SMARTS) is 1. The van der Waals surface area contributed by atoms with E-state index in [1.165, 1.54) is 17.0 Å². The van der Waals surface area contributed by atoms with E-state index in [9.17, 15) is 24.6 Å². The van der Waals surface area contributed by atoms with Crippen molar-refractivity contribution in [3.8, 4) is 5.75 Å². The molecule has 0 bridgehead atoms. The van der Waals surface area contributed by atoms with E-state index in [1.807, 2.05) is 43.3 Å². The summed E-state index contributed by atoms with van der Waals surface area (Å²) in [5, 5.41) is 25.2. The SMILES string of the molecule is COc1cccc(C2(O)CCC(C(CC(N)=O)N3c4cc(Cl)c(Cl)cc4NC(=O)C3C(=O)O)CC2CN(C)C)c1. The van der Waals surface area contributed by atoms with Crippen molar-refractivity contribution in [2.24, 2.45) is 17.6 Å². The lowest BCUT2D eigenvalue weighted by Crippen LogP contribution is -2.60. The van der Waals surface area contributed by atoms with E-state index in [2.05, 4.69) is 5.32 Å². The molecule has 40 heavy (non-hydrogen) atoms. The number of ether oxygens (including phenoxy) is 1. The van der Waals surface area contributed by atoms with Crippen LogP contribution in [-0.4, -0.2) is 72.7 Å². The molecule has 5 N–H and O–H groups in total. The fraction of sp³-hybridized carbons (Fsp3) is 0.464. The van der Waals surface area contributed by atoms with Crippen LogP contribution < -0.4 is 20.7 Å². The number of aliphatic carboxylic acids is 1. The van der Waals surface area contributed by atoms with Crippen LogP contribution in [0.25, 0.3) is 0 Å². The predicted octanol–water partition coefficient (Wildman–Crippen LogP) is 3.32. The molecule has 2 aliphatic rings. The number of carboxylic acids is 1. The molecule has 0 spiro atoms. The van der Waals surface area contributed by atoms with Gasteiger partial charge in [-0.15, -0.1) is 0 Å². The largest absolute Gasteiger partial charge is 0.497 e. The molecule has 2 aromatic rings. The zero-order chi connectivity index (χ0) is 29.4. The van der Waals surface area contributed by atoms with E-state index in [0.717, 1.165) is 5.56 Å². The number of amides is 2. The Hall–Kier alpha value is -3.05. The topological polar surface area (TPSA) is 145 Å². The number of anilines is 2. The molecule has 1 saturated carbocycles. The molecular weight excluding hydrogens is 559 g/mol. The standard InChI is InChI=1S/C28H34Cl2N4O6/c1-33(2)14-17-9-15(7-8-28(17,39)16-5-4-6-18(10-16)40-3)22(13-24(31)35)34-23-12-20(30)19(29)11-21(23)32-26(36)25(34)27(37)38/h4-6,10-12,15,17,22,25,39H,7-9,13-14H2,1-3H3,(H2,31,35)(H,32,36)(H,37,38). The smallest absolute Gasteiger partial charge is 0.336 e. The van der Waals surface area contributed by atoms with Crippen LogP contribution in [0.4, 0.5) is 11.4 Å². The Labute approximate surface area is 243 Å². The average molecular weight is 594 g/mol. The van der Waals surface area contributed by atoms with Crippen LogP contribution in [0.3, 0.4) is 0 Å². The maximum atomic E-state index is 13.1. The summed E-state index contributed by atoms with van der Waals surface area (Å²) in [6, 6.07) is 7.89. The number of benzene rings is 2. The van der Waals surface area contributed by atoms with Crippen molar-refractivity contribution in [1.29, 1.82) is 0 Å². The minimum Gasteiger partial charge on any atom is -0.497 e. The van der Waals surface area contributed by atoms with Gasteiger partial charge in [0.05, 0.1) is 34.1 Å². The number of rotatable bonds is 9. The summed E-state index contributed by atoms with van der Waals surface area (Å²) in [7, 11) is 5.39. The van der Waals surface area contributed by atoms with Crippen LogP contribution in [-0.2, 0) is 20.0 Å². The molecule has 10 nitrogen and oxygen atoms in total. The Kier molecular flexibility index (Phi) is 8.84. The lowest BCUT2D eigenvalue weighted by atomic mass is 9.65. The number of nitrogens with zero attached hydrogens (tertiary/aromatic N) is 2. The Morgan fingerprint density at radius 2 is 1.95 bits per heavy atom. The van der Waals surface area contributed by atoms with Crippen molar-refractivity contribution in [3.05, 3.63) is 52.0 Å². The van der Waals surface area contributed by atoms with Gasteiger partial charge in [-0.2, -0.15) is 0 Å². The molecule has 2 amide bonds. The normalized spacial score (nSPS) is 25.2.